The van der Waals surface area contributed by atoms with E-state index >= 15 is 0 Å². The van der Waals surface area contributed by atoms with Crippen LogP contribution in [0.2, 0.25) is 0 Å². The quantitative estimate of drug-likeness (QED) is 0.242. The van der Waals surface area contributed by atoms with Crippen molar-refractivity contribution in [3.05, 3.63) is 11.1 Å². The van der Waals surface area contributed by atoms with Crippen molar-refractivity contribution in [3.63, 3.8) is 0 Å². The molecule has 0 saturated heterocycles. The third kappa shape index (κ3) is 6.07. The summed E-state index contributed by atoms with van der Waals surface area (Å²) in [5.74, 6) is 1.99. The molecule has 0 aromatic carbocycles. The molecule has 47 heavy (non-hydrogen) atoms. The summed E-state index contributed by atoms with van der Waals surface area (Å²) in [6.45, 7) is 16.2. The number of ketones is 1. The van der Waals surface area contributed by atoms with Crippen LogP contribution in [0.4, 0.5) is 0 Å². The molecular weight excluding hydrogens is 586 g/mol. The van der Waals surface area contributed by atoms with Crippen LogP contribution in [0.25, 0.3) is 0 Å². The Bertz CT molecular complexity index is 1260. The number of hydrogen-bond donors (Lipinski definition) is 2. The topological polar surface area (TPSA) is 92.7 Å². The SMILES string of the molecule is CC(C)C1=C2C3CCC4C(C)(CCC5C(C)C(OC(=O)CC(C)(C)C(=O)O)CCC54C)C3CCC2(CCNC2CCCCC2)CC1=O. The van der Waals surface area contributed by atoms with Gasteiger partial charge in [0, 0.05) is 17.9 Å². The minimum atomic E-state index is -1.12. The number of allylic oxidation sites excluding steroid dienone is 2. The van der Waals surface area contributed by atoms with Crippen LogP contribution in [0.3, 0.4) is 0 Å². The van der Waals surface area contributed by atoms with E-state index in [1.165, 1.54) is 69.8 Å². The van der Waals surface area contributed by atoms with Gasteiger partial charge in [0.2, 0.25) is 0 Å². The van der Waals surface area contributed by atoms with Crippen LogP contribution in [0.15, 0.2) is 11.1 Å². The van der Waals surface area contributed by atoms with Gasteiger partial charge < -0.3 is 15.2 Å². The van der Waals surface area contributed by atoms with Crippen LogP contribution in [0.1, 0.15) is 151 Å². The van der Waals surface area contributed by atoms with E-state index in [9.17, 15) is 19.5 Å². The highest BCUT2D eigenvalue weighted by molar-refractivity contribution is 6.00. The molecule has 0 aliphatic heterocycles. The Morgan fingerprint density at radius 3 is 2.28 bits per heavy atom. The summed E-state index contributed by atoms with van der Waals surface area (Å²) in [5.41, 5.74) is 2.24. The fraction of sp³-hybridized carbons (Fsp3) is 0.878. The number of rotatable bonds is 9. The van der Waals surface area contributed by atoms with Crippen molar-refractivity contribution in [2.75, 3.05) is 6.54 Å². The fourth-order valence-corrected chi connectivity index (χ4v) is 13.0. The number of hydrogen-bond acceptors (Lipinski definition) is 5. The minimum absolute atomic E-state index is 0.0650. The van der Waals surface area contributed by atoms with Crippen molar-refractivity contribution < 1.29 is 24.2 Å². The molecule has 0 spiro atoms. The second-order valence-electron chi connectivity index (χ2n) is 18.7. The van der Waals surface area contributed by atoms with Crippen molar-refractivity contribution in [1.29, 1.82) is 0 Å². The highest BCUT2D eigenvalue weighted by Crippen LogP contribution is 2.72. The van der Waals surface area contributed by atoms with Gasteiger partial charge in [-0.25, -0.2) is 0 Å². The molecular formula is C41H65NO5. The van der Waals surface area contributed by atoms with Gasteiger partial charge in [-0.3, -0.25) is 14.4 Å². The average Bonchev–Trinajstić information content (AvgIpc) is 3.31. The lowest BCUT2D eigenvalue weighted by Crippen LogP contribution is -2.60. The number of carbonyl (C=O) groups excluding carboxylic acids is 2. The van der Waals surface area contributed by atoms with Crippen LogP contribution >= 0.6 is 0 Å². The van der Waals surface area contributed by atoms with Crippen molar-refractivity contribution >= 4 is 17.7 Å². The summed E-state index contributed by atoms with van der Waals surface area (Å²) >= 11 is 0. The standard InChI is InChI=1S/C41H65NO5/c1-25(2)35-31(43)23-41(21-22-42-27-11-9-8-10-12-27)20-16-30-28(36(35)41)13-14-33-39(6)19-17-32(26(3)29(39)15-18-40(30,33)7)47-34(44)24-38(4,5)37(45)46/h25-30,32-33,42H,8-24H2,1-7H3,(H,45,46). The van der Waals surface area contributed by atoms with Crippen LogP contribution in [-0.2, 0) is 19.1 Å². The van der Waals surface area contributed by atoms with Gasteiger partial charge in [-0.2, -0.15) is 0 Å². The highest BCUT2D eigenvalue weighted by atomic mass is 16.5. The summed E-state index contributed by atoms with van der Waals surface area (Å²) in [6.07, 6.45) is 17.5. The van der Waals surface area contributed by atoms with Gasteiger partial charge in [-0.1, -0.05) is 59.5 Å². The predicted molar refractivity (Wildman–Crippen MR) is 186 cm³/mol. The second kappa shape index (κ2) is 12.9. The van der Waals surface area contributed by atoms with Gasteiger partial charge in [0.15, 0.2) is 5.78 Å². The van der Waals surface area contributed by atoms with E-state index in [0.717, 1.165) is 38.6 Å². The van der Waals surface area contributed by atoms with Crippen LogP contribution in [0.5, 0.6) is 0 Å². The molecule has 6 heteroatoms. The third-order valence-corrected chi connectivity index (χ3v) is 15.4. The molecule has 5 fully saturated rings. The normalized spacial score (nSPS) is 40.8. The molecule has 6 aliphatic carbocycles. The van der Waals surface area contributed by atoms with Gasteiger partial charge in [0.25, 0.3) is 0 Å². The molecule has 6 nitrogen and oxygen atoms in total. The van der Waals surface area contributed by atoms with Gasteiger partial charge in [0.1, 0.15) is 6.10 Å². The Kier molecular flexibility index (Phi) is 9.64. The number of aliphatic carboxylic acids is 1. The molecule has 0 amide bonds. The molecule has 6 rings (SSSR count). The summed E-state index contributed by atoms with van der Waals surface area (Å²) in [6, 6.07) is 0.661. The van der Waals surface area contributed by atoms with Crippen molar-refractivity contribution in [3.8, 4) is 0 Å². The molecule has 0 heterocycles. The summed E-state index contributed by atoms with van der Waals surface area (Å²) in [7, 11) is 0. The van der Waals surface area contributed by atoms with Crippen LogP contribution in [-0.4, -0.2) is 41.5 Å². The number of carboxylic acid groups (broad SMARTS) is 1. The molecule has 2 N–H and O–H groups in total. The van der Waals surface area contributed by atoms with E-state index in [1.807, 2.05) is 0 Å². The number of esters is 1. The number of nitrogens with one attached hydrogen (secondary N) is 1. The first-order valence-corrected chi connectivity index (χ1v) is 19.6. The number of Topliss-reactive ketones (excluding diaryl/α,β-unsaturated/α-hetero) is 1. The maximum absolute atomic E-state index is 13.8. The van der Waals surface area contributed by atoms with Gasteiger partial charge >= 0.3 is 11.9 Å². The highest BCUT2D eigenvalue weighted by Gasteiger charge is 2.65. The fourth-order valence-electron chi connectivity index (χ4n) is 13.0. The number of ether oxygens (including phenoxy) is 1. The summed E-state index contributed by atoms with van der Waals surface area (Å²) < 4.78 is 6.06. The lowest BCUT2D eigenvalue weighted by atomic mass is 9.38. The molecule has 9 atom stereocenters. The lowest BCUT2D eigenvalue weighted by Gasteiger charge is -2.67. The van der Waals surface area contributed by atoms with Gasteiger partial charge in [-0.15, -0.1) is 0 Å². The Morgan fingerprint density at radius 2 is 1.60 bits per heavy atom. The van der Waals surface area contributed by atoms with E-state index in [-0.39, 0.29) is 40.7 Å². The molecule has 0 aromatic rings. The van der Waals surface area contributed by atoms with E-state index in [1.54, 1.807) is 19.4 Å². The Morgan fingerprint density at radius 1 is 0.936 bits per heavy atom. The molecule has 0 bridgehead atoms. The zero-order valence-corrected chi connectivity index (χ0v) is 30.7. The smallest absolute Gasteiger partial charge is 0.309 e. The van der Waals surface area contributed by atoms with Crippen molar-refractivity contribution in [2.24, 2.45) is 57.2 Å². The number of fused-ring (bicyclic) bond motifs is 7. The Balaban J connectivity index is 1.20. The van der Waals surface area contributed by atoms with Crippen molar-refractivity contribution in [2.45, 2.75) is 163 Å². The Hall–Kier alpha value is -1.69. The zero-order chi connectivity index (χ0) is 33.9. The minimum Gasteiger partial charge on any atom is -0.481 e. The van der Waals surface area contributed by atoms with Gasteiger partial charge in [0.05, 0.1) is 11.8 Å². The lowest BCUT2D eigenvalue weighted by molar-refractivity contribution is -0.192. The molecule has 0 radical (unpaired) electrons. The van der Waals surface area contributed by atoms with E-state index in [2.05, 4.69) is 39.9 Å². The predicted octanol–water partition coefficient (Wildman–Crippen LogP) is 8.91. The largest absolute Gasteiger partial charge is 0.481 e. The third-order valence-electron chi connectivity index (χ3n) is 15.4. The van der Waals surface area contributed by atoms with E-state index in [4.69, 9.17) is 4.74 Å². The van der Waals surface area contributed by atoms with Crippen LogP contribution < -0.4 is 5.32 Å². The number of carboxylic acids is 1. The van der Waals surface area contributed by atoms with Crippen molar-refractivity contribution in [1.82, 2.24) is 5.32 Å². The maximum atomic E-state index is 13.8. The maximum Gasteiger partial charge on any atom is 0.309 e. The molecule has 5 saturated carbocycles. The monoisotopic (exact) mass is 651 g/mol. The Labute approximate surface area is 285 Å². The molecule has 0 aromatic heterocycles. The average molecular weight is 652 g/mol. The van der Waals surface area contributed by atoms with Crippen LogP contribution in [0, 0.1) is 57.2 Å². The second-order valence-corrected chi connectivity index (χ2v) is 18.7. The molecule has 264 valence electrons. The van der Waals surface area contributed by atoms with Gasteiger partial charge in [-0.05, 0) is 143 Å². The first kappa shape index (κ1) is 35.1. The molecule has 6 aliphatic rings. The first-order chi connectivity index (χ1) is 22.1. The molecule has 9 unspecified atom stereocenters. The zero-order valence-electron chi connectivity index (χ0n) is 30.7. The number of carbonyl (C=O) groups is 3. The summed E-state index contributed by atoms with van der Waals surface area (Å²) in [4.78, 5) is 38.4. The summed E-state index contributed by atoms with van der Waals surface area (Å²) in [5, 5.41) is 13.5. The van der Waals surface area contributed by atoms with E-state index in [0.29, 0.717) is 41.4 Å². The van der Waals surface area contributed by atoms with E-state index < -0.39 is 11.4 Å². The first-order valence-electron chi connectivity index (χ1n) is 19.6.